The first kappa shape index (κ1) is 23.6. The van der Waals surface area contributed by atoms with Crippen LogP contribution in [-0.4, -0.2) is 68.8 Å². The highest BCUT2D eigenvalue weighted by Gasteiger charge is 2.31. The molecule has 2 aromatic carbocycles. The number of benzene rings is 2. The molecule has 0 aliphatic carbocycles. The molecule has 1 amide bonds. The van der Waals surface area contributed by atoms with Gasteiger partial charge in [0.25, 0.3) is 5.91 Å². The Kier molecular flexibility index (Phi) is 8.24. The van der Waals surface area contributed by atoms with Crippen molar-refractivity contribution < 1.29 is 19.0 Å². The lowest BCUT2D eigenvalue weighted by Crippen LogP contribution is -2.46. The standard InChI is InChI=1S/C27H36N2O4/c1-31-24-11-9-21(10-12-24)19-28-14-4-3-6-23-20-29(15-13-26(23)32-2)27(30)22-7-5-8-25(18-22)33-17-16-28/h5,7-12,18,23,26H,3-4,6,13-17,19-20H2,1-2H3/t23-,26+/m1/s1. The number of rotatable bonds is 4. The van der Waals surface area contributed by atoms with E-state index < -0.39 is 0 Å². The Morgan fingerprint density at radius 1 is 1.00 bits per heavy atom. The molecule has 2 aliphatic heterocycles. The maximum Gasteiger partial charge on any atom is 0.254 e. The van der Waals surface area contributed by atoms with Gasteiger partial charge in [0.05, 0.1) is 13.2 Å². The van der Waals surface area contributed by atoms with Crippen LogP contribution in [0, 0.1) is 5.92 Å². The van der Waals surface area contributed by atoms with E-state index in [1.807, 2.05) is 41.3 Å². The summed E-state index contributed by atoms with van der Waals surface area (Å²) in [6.07, 6.45) is 4.45. The molecule has 6 nitrogen and oxygen atoms in total. The Bertz CT molecular complexity index is 901. The van der Waals surface area contributed by atoms with Gasteiger partial charge in [0.2, 0.25) is 0 Å². The van der Waals surface area contributed by atoms with Crippen molar-refractivity contribution in [3.05, 3.63) is 59.7 Å². The van der Waals surface area contributed by atoms with Gasteiger partial charge in [-0.3, -0.25) is 9.69 Å². The number of piperidine rings is 1. The maximum atomic E-state index is 13.2. The van der Waals surface area contributed by atoms with Gasteiger partial charge in [0, 0.05) is 44.8 Å². The second-order valence-corrected chi connectivity index (χ2v) is 9.07. The van der Waals surface area contributed by atoms with E-state index in [2.05, 4.69) is 17.0 Å². The van der Waals surface area contributed by atoms with Gasteiger partial charge < -0.3 is 19.1 Å². The van der Waals surface area contributed by atoms with Crippen LogP contribution in [-0.2, 0) is 11.3 Å². The van der Waals surface area contributed by atoms with Crippen LogP contribution < -0.4 is 9.47 Å². The normalized spacial score (nSPS) is 22.7. The average Bonchev–Trinajstić information content (AvgIpc) is 2.86. The minimum atomic E-state index is 0.0935. The monoisotopic (exact) mass is 452 g/mol. The highest BCUT2D eigenvalue weighted by molar-refractivity contribution is 5.94. The maximum absolute atomic E-state index is 13.2. The molecule has 1 saturated heterocycles. The predicted molar refractivity (Wildman–Crippen MR) is 129 cm³/mol. The Labute approximate surface area is 197 Å². The number of amides is 1. The summed E-state index contributed by atoms with van der Waals surface area (Å²) < 4.78 is 17.1. The van der Waals surface area contributed by atoms with Crippen LogP contribution >= 0.6 is 0 Å². The number of ether oxygens (including phenoxy) is 3. The number of carbonyl (C=O) groups is 1. The van der Waals surface area contributed by atoms with Crippen LogP contribution in [0.4, 0.5) is 0 Å². The van der Waals surface area contributed by atoms with E-state index in [0.717, 1.165) is 69.9 Å². The molecule has 2 heterocycles. The third kappa shape index (κ3) is 6.27. The smallest absolute Gasteiger partial charge is 0.254 e. The quantitative estimate of drug-likeness (QED) is 0.695. The molecule has 0 N–H and O–H groups in total. The van der Waals surface area contributed by atoms with Gasteiger partial charge in [-0.05, 0) is 61.7 Å². The van der Waals surface area contributed by atoms with Crippen molar-refractivity contribution in [2.24, 2.45) is 5.92 Å². The Morgan fingerprint density at radius 3 is 2.64 bits per heavy atom. The summed E-state index contributed by atoms with van der Waals surface area (Å²) >= 11 is 0. The van der Waals surface area contributed by atoms with Crippen LogP contribution in [0.25, 0.3) is 0 Å². The van der Waals surface area contributed by atoms with Crippen molar-refractivity contribution in [1.29, 1.82) is 0 Å². The van der Waals surface area contributed by atoms with Gasteiger partial charge in [0.15, 0.2) is 0 Å². The van der Waals surface area contributed by atoms with E-state index in [0.29, 0.717) is 18.1 Å². The fourth-order valence-electron chi connectivity index (χ4n) is 4.98. The van der Waals surface area contributed by atoms with Crippen LogP contribution in [0.15, 0.2) is 48.5 Å². The molecule has 0 radical (unpaired) electrons. The molecule has 0 aromatic heterocycles. The van der Waals surface area contributed by atoms with Gasteiger partial charge >= 0.3 is 0 Å². The largest absolute Gasteiger partial charge is 0.497 e. The molecule has 2 aliphatic rings. The summed E-state index contributed by atoms with van der Waals surface area (Å²) in [5, 5.41) is 0. The molecule has 0 unspecified atom stereocenters. The second kappa shape index (κ2) is 11.5. The number of nitrogens with zero attached hydrogens (tertiary/aromatic N) is 2. The summed E-state index contributed by atoms with van der Waals surface area (Å²) in [4.78, 5) is 17.6. The number of hydrogen-bond acceptors (Lipinski definition) is 5. The zero-order valence-corrected chi connectivity index (χ0v) is 19.9. The van der Waals surface area contributed by atoms with Gasteiger partial charge in [0.1, 0.15) is 18.1 Å². The number of fused-ring (bicyclic) bond motifs is 4. The van der Waals surface area contributed by atoms with Crippen LogP contribution in [0.1, 0.15) is 41.6 Å². The third-order valence-corrected chi connectivity index (χ3v) is 6.88. The molecule has 2 aromatic rings. The van der Waals surface area contributed by atoms with Crippen molar-refractivity contribution in [3.8, 4) is 11.5 Å². The lowest BCUT2D eigenvalue weighted by Gasteiger charge is -2.38. The molecule has 4 bridgehead atoms. The van der Waals surface area contributed by atoms with Gasteiger partial charge in [-0.15, -0.1) is 0 Å². The topological polar surface area (TPSA) is 51.2 Å². The van der Waals surface area contributed by atoms with E-state index in [1.54, 1.807) is 14.2 Å². The fourth-order valence-corrected chi connectivity index (χ4v) is 4.98. The third-order valence-electron chi connectivity index (χ3n) is 6.88. The average molecular weight is 453 g/mol. The molecular formula is C27H36N2O4. The molecule has 33 heavy (non-hydrogen) atoms. The van der Waals surface area contributed by atoms with Crippen molar-refractivity contribution in [2.75, 3.05) is 47.0 Å². The first-order valence-electron chi connectivity index (χ1n) is 12.1. The highest BCUT2D eigenvalue weighted by atomic mass is 16.5. The van der Waals surface area contributed by atoms with Gasteiger partial charge in [-0.25, -0.2) is 0 Å². The molecule has 1 fully saturated rings. The number of hydrogen-bond donors (Lipinski definition) is 0. The van der Waals surface area contributed by atoms with E-state index in [-0.39, 0.29) is 12.0 Å². The fraction of sp³-hybridized carbons (Fsp3) is 0.519. The number of carbonyl (C=O) groups excluding carboxylic acids is 1. The molecule has 0 spiro atoms. The zero-order valence-electron chi connectivity index (χ0n) is 19.9. The Balaban J connectivity index is 1.48. The molecular weight excluding hydrogens is 416 g/mol. The van der Waals surface area contributed by atoms with E-state index in [9.17, 15) is 4.79 Å². The Hall–Kier alpha value is -2.57. The lowest BCUT2D eigenvalue weighted by molar-refractivity contribution is -0.00676. The predicted octanol–water partition coefficient (Wildman–Crippen LogP) is 4.24. The van der Waals surface area contributed by atoms with Crippen LogP contribution in [0.2, 0.25) is 0 Å². The molecule has 6 heteroatoms. The lowest BCUT2D eigenvalue weighted by atomic mass is 9.89. The minimum Gasteiger partial charge on any atom is -0.497 e. The summed E-state index contributed by atoms with van der Waals surface area (Å²) in [5.41, 5.74) is 1.97. The molecule has 0 saturated carbocycles. The van der Waals surface area contributed by atoms with Crippen LogP contribution in [0.5, 0.6) is 11.5 Å². The number of methoxy groups -OCH3 is 2. The van der Waals surface area contributed by atoms with Crippen molar-refractivity contribution in [2.45, 2.75) is 38.3 Å². The first-order valence-corrected chi connectivity index (χ1v) is 12.1. The van der Waals surface area contributed by atoms with Crippen molar-refractivity contribution >= 4 is 5.91 Å². The highest BCUT2D eigenvalue weighted by Crippen LogP contribution is 2.27. The van der Waals surface area contributed by atoms with E-state index in [1.165, 1.54) is 5.56 Å². The summed E-state index contributed by atoms with van der Waals surface area (Å²) in [6, 6.07) is 15.9. The Morgan fingerprint density at radius 2 is 1.85 bits per heavy atom. The molecule has 178 valence electrons. The molecule has 2 atom stereocenters. The SMILES string of the molecule is COc1ccc(CN2CCCC[C@@H]3CN(CC[C@@H]3OC)C(=O)c3cccc(c3)OCC2)cc1. The second-order valence-electron chi connectivity index (χ2n) is 9.07. The van der Waals surface area contributed by atoms with E-state index >= 15 is 0 Å². The first-order chi connectivity index (χ1) is 16.2. The summed E-state index contributed by atoms with van der Waals surface area (Å²) in [5.74, 6) is 2.11. The van der Waals surface area contributed by atoms with Gasteiger partial charge in [-0.2, -0.15) is 0 Å². The van der Waals surface area contributed by atoms with E-state index in [4.69, 9.17) is 14.2 Å². The molecule has 4 rings (SSSR count). The summed E-state index contributed by atoms with van der Waals surface area (Å²) in [6.45, 7) is 4.82. The minimum absolute atomic E-state index is 0.0935. The van der Waals surface area contributed by atoms with Crippen molar-refractivity contribution in [3.63, 3.8) is 0 Å². The summed E-state index contributed by atoms with van der Waals surface area (Å²) in [7, 11) is 3.49. The van der Waals surface area contributed by atoms with Crippen molar-refractivity contribution in [1.82, 2.24) is 9.80 Å². The zero-order chi connectivity index (χ0) is 23.0. The van der Waals surface area contributed by atoms with Crippen LogP contribution in [0.3, 0.4) is 0 Å². The van der Waals surface area contributed by atoms with Gasteiger partial charge in [-0.1, -0.05) is 24.6 Å².